The lowest BCUT2D eigenvalue weighted by Gasteiger charge is -2.15. The number of anilines is 2. The van der Waals surface area contributed by atoms with E-state index in [2.05, 4.69) is 4.72 Å². The van der Waals surface area contributed by atoms with Gasteiger partial charge in [0.25, 0.3) is 5.91 Å². The van der Waals surface area contributed by atoms with Crippen LogP contribution in [0.5, 0.6) is 0 Å². The zero-order chi connectivity index (χ0) is 15.2. The summed E-state index contributed by atoms with van der Waals surface area (Å²) in [6.45, 7) is 4.09. The fourth-order valence-electron chi connectivity index (χ4n) is 2.69. The van der Waals surface area contributed by atoms with Gasteiger partial charge in [0, 0.05) is 22.9 Å². The summed E-state index contributed by atoms with van der Waals surface area (Å²) < 4.78 is 26.2. The minimum atomic E-state index is -3.35. The van der Waals surface area contributed by atoms with Gasteiger partial charge in [0.1, 0.15) is 0 Å². The first-order valence-corrected chi connectivity index (χ1v) is 8.51. The molecule has 1 aliphatic rings. The van der Waals surface area contributed by atoms with Crippen LogP contribution in [0.15, 0.2) is 30.3 Å². The maximum atomic E-state index is 12.3. The Morgan fingerprint density at radius 1 is 1.14 bits per heavy atom. The Morgan fingerprint density at radius 2 is 1.90 bits per heavy atom. The number of sulfonamides is 1. The first-order chi connectivity index (χ1) is 9.98. The van der Waals surface area contributed by atoms with Gasteiger partial charge in [-0.25, -0.2) is 8.42 Å². The minimum absolute atomic E-state index is 0.00987. The largest absolute Gasteiger partial charge is 0.308 e. The van der Waals surface area contributed by atoms with Gasteiger partial charge in [-0.2, -0.15) is 0 Å². The number of hydrogen-bond acceptors (Lipinski definition) is 3. The van der Waals surface area contributed by atoms with E-state index in [4.69, 9.17) is 0 Å². The van der Waals surface area contributed by atoms with Crippen LogP contribution in [0.1, 0.15) is 24.2 Å². The van der Waals surface area contributed by atoms with E-state index in [0.717, 1.165) is 16.5 Å². The Morgan fingerprint density at radius 3 is 2.57 bits per heavy atom. The van der Waals surface area contributed by atoms with E-state index in [0.29, 0.717) is 17.8 Å². The Bertz CT molecular complexity index is 843. The van der Waals surface area contributed by atoms with Crippen molar-refractivity contribution in [3.8, 4) is 0 Å². The maximum Gasteiger partial charge on any atom is 0.258 e. The van der Waals surface area contributed by atoms with Gasteiger partial charge in [-0.3, -0.25) is 9.52 Å². The number of amides is 1. The third kappa shape index (κ3) is 2.06. The minimum Gasteiger partial charge on any atom is -0.308 e. The van der Waals surface area contributed by atoms with E-state index < -0.39 is 10.0 Å². The monoisotopic (exact) mass is 304 g/mol. The first kappa shape index (κ1) is 13.9. The molecule has 3 rings (SSSR count). The Kier molecular flexibility index (Phi) is 3.13. The highest BCUT2D eigenvalue weighted by atomic mass is 32.2. The number of carbonyl (C=O) groups excluding carboxylic acids is 1. The van der Waals surface area contributed by atoms with Crippen LogP contribution in [-0.2, 0) is 10.0 Å². The summed E-state index contributed by atoms with van der Waals surface area (Å²) in [5.41, 5.74) is 1.98. The summed E-state index contributed by atoms with van der Waals surface area (Å²) in [5.74, 6) is -0.0238. The smallest absolute Gasteiger partial charge is 0.258 e. The Hall–Kier alpha value is -2.08. The van der Waals surface area contributed by atoms with Crippen LogP contribution < -0.4 is 9.62 Å². The molecule has 1 amide bonds. The van der Waals surface area contributed by atoms with E-state index in [1.807, 2.05) is 13.0 Å². The number of rotatable bonds is 4. The van der Waals surface area contributed by atoms with Crippen molar-refractivity contribution in [2.45, 2.75) is 13.8 Å². The van der Waals surface area contributed by atoms with Crippen molar-refractivity contribution >= 4 is 38.1 Å². The summed E-state index contributed by atoms with van der Waals surface area (Å²) in [4.78, 5) is 14.1. The van der Waals surface area contributed by atoms with Crippen LogP contribution in [0.4, 0.5) is 11.4 Å². The van der Waals surface area contributed by atoms with Gasteiger partial charge in [0.2, 0.25) is 10.0 Å². The molecule has 0 bridgehead atoms. The molecule has 0 aromatic heterocycles. The lowest BCUT2D eigenvalue weighted by molar-refractivity contribution is 0.0994. The highest BCUT2D eigenvalue weighted by Gasteiger charge is 2.29. The highest BCUT2D eigenvalue weighted by Crippen LogP contribution is 2.40. The molecule has 0 radical (unpaired) electrons. The molecule has 1 aliphatic heterocycles. The number of nitrogens with zero attached hydrogens (tertiary/aromatic N) is 1. The van der Waals surface area contributed by atoms with Gasteiger partial charge in [-0.1, -0.05) is 12.1 Å². The van der Waals surface area contributed by atoms with E-state index >= 15 is 0 Å². The average Bonchev–Trinajstić information content (AvgIpc) is 2.76. The summed E-state index contributed by atoms with van der Waals surface area (Å²) >= 11 is 0. The van der Waals surface area contributed by atoms with Crippen molar-refractivity contribution < 1.29 is 13.2 Å². The van der Waals surface area contributed by atoms with E-state index in [-0.39, 0.29) is 11.7 Å². The molecule has 1 heterocycles. The number of nitrogens with one attached hydrogen (secondary N) is 1. The summed E-state index contributed by atoms with van der Waals surface area (Å²) in [5, 5.41) is 1.58. The topological polar surface area (TPSA) is 66.5 Å². The van der Waals surface area contributed by atoms with Crippen molar-refractivity contribution in [3.63, 3.8) is 0 Å². The highest BCUT2D eigenvalue weighted by molar-refractivity contribution is 7.92. The molecule has 2 aromatic carbocycles. The number of hydrogen-bond donors (Lipinski definition) is 1. The SMILES string of the molecule is CCN1C(=O)c2cccc3c(NS(=O)(=O)CC)ccc1c23. The zero-order valence-electron chi connectivity index (χ0n) is 11.9. The molecule has 6 heteroatoms. The fraction of sp³-hybridized carbons (Fsp3) is 0.267. The molecule has 0 unspecified atom stereocenters. The van der Waals surface area contributed by atoms with Crippen LogP contribution in [0, 0.1) is 0 Å². The van der Waals surface area contributed by atoms with Gasteiger partial charge in [-0.15, -0.1) is 0 Å². The van der Waals surface area contributed by atoms with Crippen molar-refractivity contribution in [2.75, 3.05) is 21.9 Å². The number of carbonyl (C=O) groups is 1. The molecular weight excluding hydrogens is 288 g/mol. The van der Waals surface area contributed by atoms with Crippen LogP contribution in [0.25, 0.3) is 10.8 Å². The van der Waals surface area contributed by atoms with Crippen LogP contribution in [-0.4, -0.2) is 26.6 Å². The van der Waals surface area contributed by atoms with E-state index in [1.54, 1.807) is 36.1 Å². The lowest BCUT2D eigenvalue weighted by Crippen LogP contribution is -2.25. The Balaban J connectivity index is 2.25. The molecule has 110 valence electrons. The second kappa shape index (κ2) is 4.73. The zero-order valence-corrected chi connectivity index (χ0v) is 12.7. The quantitative estimate of drug-likeness (QED) is 0.944. The van der Waals surface area contributed by atoms with Crippen LogP contribution in [0.2, 0.25) is 0 Å². The van der Waals surface area contributed by atoms with Crippen molar-refractivity contribution in [2.24, 2.45) is 0 Å². The van der Waals surface area contributed by atoms with Crippen molar-refractivity contribution in [1.29, 1.82) is 0 Å². The normalized spacial score (nSPS) is 14.0. The standard InChI is InChI=1S/C15H16N2O3S/c1-3-17-13-9-8-12(16-21(19,20)4-2)10-6-5-7-11(14(10)13)15(17)18/h5-9,16H,3-4H2,1-2H3. The second-order valence-corrected chi connectivity index (χ2v) is 6.93. The maximum absolute atomic E-state index is 12.3. The van der Waals surface area contributed by atoms with Crippen molar-refractivity contribution in [3.05, 3.63) is 35.9 Å². The molecule has 0 spiro atoms. The van der Waals surface area contributed by atoms with Gasteiger partial charge < -0.3 is 4.90 Å². The average molecular weight is 304 g/mol. The third-order valence-corrected chi connectivity index (χ3v) is 5.04. The molecular formula is C15H16N2O3S. The summed E-state index contributed by atoms with van der Waals surface area (Å²) in [6.07, 6.45) is 0. The van der Waals surface area contributed by atoms with Gasteiger partial charge >= 0.3 is 0 Å². The molecule has 0 saturated heterocycles. The van der Waals surface area contributed by atoms with E-state index in [9.17, 15) is 13.2 Å². The molecule has 0 aliphatic carbocycles. The fourth-order valence-corrected chi connectivity index (χ4v) is 3.35. The second-order valence-electron chi connectivity index (χ2n) is 4.92. The first-order valence-electron chi connectivity index (χ1n) is 6.86. The van der Waals surface area contributed by atoms with Crippen LogP contribution in [0.3, 0.4) is 0 Å². The summed E-state index contributed by atoms with van der Waals surface area (Å²) in [7, 11) is -3.35. The third-order valence-electron chi connectivity index (χ3n) is 3.75. The van der Waals surface area contributed by atoms with Gasteiger partial charge in [-0.05, 0) is 32.0 Å². The van der Waals surface area contributed by atoms with Gasteiger partial charge in [0.05, 0.1) is 17.1 Å². The molecule has 0 saturated carbocycles. The molecule has 2 aromatic rings. The molecule has 1 N–H and O–H groups in total. The number of benzene rings is 2. The molecule has 5 nitrogen and oxygen atoms in total. The molecule has 0 atom stereocenters. The lowest BCUT2D eigenvalue weighted by atomic mass is 10.0. The Labute approximate surface area is 123 Å². The predicted molar refractivity (Wildman–Crippen MR) is 84.4 cm³/mol. The van der Waals surface area contributed by atoms with Crippen molar-refractivity contribution in [1.82, 2.24) is 0 Å². The van der Waals surface area contributed by atoms with Crippen LogP contribution >= 0.6 is 0 Å². The van der Waals surface area contributed by atoms with E-state index in [1.165, 1.54) is 0 Å². The van der Waals surface area contributed by atoms with Gasteiger partial charge in [0.15, 0.2) is 0 Å². The molecule has 21 heavy (non-hydrogen) atoms. The molecule has 0 fully saturated rings. The summed E-state index contributed by atoms with van der Waals surface area (Å²) in [6, 6.07) is 8.91. The predicted octanol–water partition coefficient (Wildman–Crippen LogP) is 2.58.